The Hall–Kier alpha value is -1.40. The van der Waals surface area contributed by atoms with Crippen LogP contribution in [0.4, 0.5) is 4.39 Å². The first-order valence-corrected chi connectivity index (χ1v) is 7.30. The fourth-order valence-electron chi connectivity index (χ4n) is 2.17. The van der Waals surface area contributed by atoms with Crippen LogP contribution in [0.5, 0.6) is 0 Å². The van der Waals surface area contributed by atoms with Gasteiger partial charge in [0.15, 0.2) is 0 Å². The van der Waals surface area contributed by atoms with Gasteiger partial charge in [-0.1, -0.05) is 0 Å². The number of hydrogen-bond donors (Lipinski definition) is 0. The van der Waals surface area contributed by atoms with Gasteiger partial charge in [-0.15, -0.1) is 11.6 Å². The highest BCUT2D eigenvalue weighted by Crippen LogP contribution is 2.25. The van der Waals surface area contributed by atoms with Gasteiger partial charge in [0.1, 0.15) is 11.6 Å². The Morgan fingerprint density at radius 3 is 2.85 bits per heavy atom. The molecule has 2 aromatic heterocycles. The van der Waals surface area contributed by atoms with E-state index in [1.54, 1.807) is 16.9 Å². The average Bonchev–Trinajstić information content (AvgIpc) is 2.96. The molecule has 0 saturated carbocycles. The summed E-state index contributed by atoms with van der Waals surface area (Å²) in [5.41, 5.74) is 2.47. The molecule has 104 valence electrons. The Morgan fingerprint density at radius 2 is 2.20 bits per heavy atom. The summed E-state index contributed by atoms with van der Waals surface area (Å²) >= 11 is 9.16. The zero-order valence-corrected chi connectivity index (χ0v) is 13.0. The van der Waals surface area contributed by atoms with Crippen molar-refractivity contribution in [3.05, 3.63) is 46.2 Å². The molecule has 0 spiro atoms. The molecular formula is C13H11BrClFN4. The van der Waals surface area contributed by atoms with E-state index in [0.29, 0.717) is 22.4 Å². The van der Waals surface area contributed by atoms with Crippen LogP contribution in [-0.4, -0.2) is 19.3 Å². The topological polar surface area (TPSA) is 35.6 Å². The Morgan fingerprint density at radius 1 is 1.40 bits per heavy atom. The number of aromatic nitrogens is 4. The fourth-order valence-corrected chi connectivity index (χ4v) is 2.70. The molecule has 0 saturated heterocycles. The zero-order chi connectivity index (χ0) is 14.3. The van der Waals surface area contributed by atoms with Crippen LogP contribution in [0.25, 0.3) is 11.0 Å². The molecule has 0 bridgehead atoms. The highest BCUT2D eigenvalue weighted by atomic mass is 79.9. The molecule has 4 nitrogen and oxygen atoms in total. The van der Waals surface area contributed by atoms with Crippen molar-refractivity contribution in [2.75, 3.05) is 0 Å². The van der Waals surface area contributed by atoms with Crippen molar-refractivity contribution >= 4 is 38.6 Å². The second kappa shape index (κ2) is 5.18. The third-order valence-electron chi connectivity index (χ3n) is 3.23. The number of halogens is 3. The van der Waals surface area contributed by atoms with Crippen LogP contribution in [-0.2, 0) is 19.5 Å². The van der Waals surface area contributed by atoms with Gasteiger partial charge in [-0.2, -0.15) is 5.10 Å². The molecule has 0 aliphatic heterocycles. The quantitative estimate of drug-likeness (QED) is 0.673. The lowest BCUT2D eigenvalue weighted by Gasteiger charge is -2.08. The predicted octanol–water partition coefficient (Wildman–Crippen LogP) is 3.46. The van der Waals surface area contributed by atoms with Crippen molar-refractivity contribution in [2.24, 2.45) is 7.05 Å². The van der Waals surface area contributed by atoms with E-state index in [1.165, 1.54) is 6.07 Å². The van der Waals surface area contributed by atoms with E-state index < -0.39 is 0 Å². The van der Waals surface area contributed by atoms with Crippen LogP contribution < -0.4 is 0 Å². The Balaban J connectivity index is 2.17. The van der Waals surface area contributed by atoms with Crippen LogP contribution in [0.1, 0.15) is 11.5 Å². The van der Waals surface area contributed by atoms with E-state index in [1.807, 2.05) is 17.7 Å². The maximum atomic E-state index is 13.6. The van der Waals surface area contributed by atoms with Gasteiger partial charge in [-0.25, -0.2) is 9.37 Å². The number of benzene rings is 1. The third kappa shape index (κ3) is 2.23. The van der Waals surface area contributed by atoms with Gasteiger partial charge in [0, 0.05) is 19.3 Å². The maximum absolute atomic E-state index is 13.6. The first kappa shape index (κ1) is 13.6. The maximum Gasteiger partial charge on any atom is 0.139 e. The number of rotatable bonds is 3. The fraction of sp³-hybridized carbons (Fsp3) is 0.231. The summed E-state index contributed by atoms with van der Waals surface area (Å²) in [4.78, 5) is 4.38. The molecule has 0 unspecified atom stereocenters. The Labute approximate surface area is 128 Å². The molecule has 0 aliphatic rings. The molecule has 2 heterocycles. The van der Waals surface area contributed by atoms with Crippen LogP contribution in [0.3, 0.4) is 0 Å². The van der Waals surface area contributed by atoms with Gasteiger partial charge in [-0.05, 0) is 28.1 Å². The summed E-state index contributed by atoms with van der Waals surface area (Å²) in [7, 11) is 1.88. The largest absolute Gasteiger partial charge is 0.321 e. The van der Waals surface area contributed by atoms with E-state index in [2.05, 4.69) is 26.0 Å². The van der Waals surface area contributed by atoms with Crippen molar-refractivity contribution in [1.29, 1.82) is 0 Å². The predicted molar refractivity (Wildman–Crippen MR) is 79.3 cm³/mol. The smallest absolute Gasteiger partial charge is 0.139 e. The van der Waals surface area contributed by atoms with Crippen molar-refractivity contribution in [1.82, 2.24) is 19.3 Å². The van der Waals surface area contributed by atoms with Crippen LogP contribution in [0, 0.1) is 5.82 Å². The van der Waals surface area contributed by atoms with Gasteiger partial charge in [0.05, 0.1) is 33.6 Å². The summed E-state index contributed by atoms with van der Waals surface area (Å²) in [5.74, 6) is 0.648. The third-order valence-corrected chi connectivity index (χ3v) is 4.08. The Bertz CT molecular complexity index is 780. The normalized spacial score (nSPS) is 11.4. The Kier molecular flexibility index (Phi) is 3.52. The van der Waals surface area contributed by atoms with Gasteiger partial charge < -0.3 is 4.57 Å². The summed E-state index contributed by atoms with van der Waals surface area (Å²) in [6.45, 7) is 0.590. The minimum Gasteiger partial charge on any atom is -0.321 e. The molecule has 3 rings (SSSR count). The molecule has 0 aliphatic carbocycles. The van der Waals surface area contributed by atoms with Crippen molar-refractivity contribution in [2.45, 2.75) is 12.4 Å². The minimum atomic E-state index is -0.330. The molecular weight excluding hydrogens is 347 g/mol. The average molecular weight is 358 g/mol. The van der Waals surface area contributed by atoms with Crippen LogP contribution >= 0.6 is 27.5 Å². The van der Waals surface area contributed by atoms with E-state index in [9.17, 15) is 4.39 Å². The van der Waals surface area contributed by atoms with Crippen LogP contribution in [0.2, 0.25) is 0 Å². The number of alkyl halides is 1. The number of nitrogens with zero attached hydrogens (tertiary/aromatic N) is 4. The summed E-state index contributed by atoms with van der Waals surface area (Å²) < 4.78 is 17.8. The second-order valence-electron chi connectivity index (χ2n) is 4.45. The molecule has 0 atom stereocenters. The molecule has 1 aromatic carbocycles. The van der Waals surface area contributed by atoms with Crippen molar-refractivity contribution in [3.63, 3.8) is 0 Å². The van der Waals surface area contributed by atoms with Gasteiger partial charge in [0.25, 0.3) is 0 Å². The lowest BCUT2D eigenvalue weighted by atomic mass is 10.3. The monoisotopic (exact) mass is 356 g/mol. The van der Waals surface area contributed by atoms with E-state index in [0.717, 1.165) is 11.2 Å². The zero-order valence-electron chi connectivity index (χ0n) is 10.6. The molecule has 3 aromatic rings. The molecule has 7 heteroatoms. The number of aryl methyl sites for hydroxylation is 1. The standard InChI is InChI=1S/C13H11BrClFN4/c1-19-8(2-3-17-19)7-20-12-4-9(14)10(16)5-11(12)18-13(20)6-15/h2-5H,6-7H2,1H3. The van der Waals surface area contributed by atoms with E-state index in [4.69, 9.17) is 11.6 Å². The summed E-state index contributed by atoms with van der Waals surface area (Å²) in [5, 5.41) is 4.15. The van der Waals surface area contributed by atoms with E-state index >= 15 is 0 Å². The first-order chi connectivity index (χ1) is 9.60. The molecule has 0 N–H and O–H groups in total. The minimum absolute atomic E-state index is 0.270. The summed E-state index contributed by atoms with van der Waals surface area (Å²) in [6.07, 6.45) is 1.74. The molecule has 0 amide bonds. The molecule has 20 heavy (non-hydrogen) atoms. The summed E-state index contributed by atoms with van der Waals surface area (Å²) in [6, 6.07) is 5.07. The highest BCUT2D eigenvalue weighted by molar-refractivity contribution is 9.10. The second-order valence-corrected chi connectivity index (χ2v) is 5.57. The molecule has 0 fully saturated rings. The van der Waals surface area contributed by atoms with Crippen molar-refractivity contribution < 1.29 is 4.39 Å². The van der Waals surface area contributed by atoms with Crippen LogP contribution in [0.15, 0.2) is 28.9 Å². The van der Waals surface area contributed by atoms with Gasteiger partial charge in [-0.3, -0.25) is 4.68 Å². The first-order valence-electron chi connectivity index (χ1n) is 5.97. The SMILES string of the molecule is Cn1nccc1Cn1c(CCl)nc2cc(F)c(Br)cc21. The number of fused-ring (bicyclic) bond motifs is 1. The van der Waals surface area contributed by atoms with Gasteiger partial charge in [0.2, 0.25) is 0 Å². The van der Waals surface area contributed by atoms with E-state index in [-0.39, 0.29) is 11.7 Å². The molecule has 0 radical (unpaired) electrons. The highest BCUT2D eigenvalue weighted by Gasteiger charge is 2.14. The lowest BCUT2D eigenvalue weighted by molar-refractivity contribution is 0.622. The van der Waals surface area contributed by atoms with Crippen molar-refractivity contribution in [3.8, 4) is 0 Å². The van der Waals surface area contributed by atoms with Gasteiger partial charge >= 0.3 is 0 Å². The lowest BCUT2D eigenvalue weighted by Crippen LogP contribution is -2.08. The number of imidazole rings is 1. The number of hydrogen-bond acceptors (Lipinski definition) is 2.